The number of aryl methyl sites for hydroxylation is 1. The van der Waals surface area contributed by atoms with Crippen molar-refractivity contribution in [3.8, 4) is 11.5 Å². The number of hydrogen-bond acceptors (Lipinski definition) is 6. The molecule has 3 atom stereocenters. The number of benzene rings is 1. The highest BCUT2D eigenvalue weighted by atomic mass is 19.1. The van der Waals surface area contributed by atoms with Crippen LogP contribution in [0, 0.1) is 18.7 Å². The lowest BCUT2D eigenvalue weighted by molar-refractivity contribution is -0.132. The lowest BCUT2D eigenvalue weighted by Crippen LogP contribution is -2.38. The molecule has 1 heterocycles. The van der Waals surface area contributed by atoms with E-state index < -0.39 is 11.9 Å². The standard InChI is InChI=1S/C27H35FN2O5/c1-16-14-21(28)10-11-22(16)24(20-8-6-7-9-20)18(3)34-15-17(2)30-27(32)25-26(35-19(4)31)23(33-5)12-13-29-25/h10-14,17-18,20,24H,6-9,15H2,1-5H3,(H,30,32)/t17-,18-,24+/m0/s1. The minimum atomic E-state index is -0.579. The van der Waals surface area contributed by atoms with Gasteiger partial charge in [-0.1, -0.05) is 18.9 Å². The maximum absolute atomic E-state index is 13.7. The number of esters is 1. The number of halogens is 1. The van der Waals surface area contributed by atoms with Crippen LogP contribution in [-0.4, -0.2) is 42.7 Å². The predicted octanol–water partition coefficient (Wildman–Crippen LogP) is 4.96. The molecule has 0 saturated heterocycles. The number of nitrogens with zero attached hydrogens (tertiary/aromatic N) is 1. The van der Waals surface area contributed by atoms with E-state index in [-0.39, 0.29) is 47.7 Å². The molecule has 1 fully saturated rings. The Morgan fingerprint density at radius 3 is 2.54 bits per heavy atom. The number of carbonyl (C=O) groups excluding carboxylic acids is 2. The number of hydrogen-bond donors (Lipinski definition) is 1. The van der Waals surface area contributed by atoms with E-state index in [2.05, 4.69) is 10.3 Å². The van der Waals surface area contributed by atoms with Gasteiger partial charge >= 0.3 is 5.97 Å². The van der Waals surface area contributed by atoms with Crippen LogP contribution in [0.5, 0.6) is 11.5 Å². The Balaban J connectivity index is 1.68. The first-order valence-corrected chi connectivity index (χ1v) is 12.1. The van der Waals surface area contributed by atoms with Crippen molar-refractivity contribution < 1.29 is 28.2 Å². The summed E-state index contributed by atoms with van der Waals surface area (Å²) >= 11 is 0. The molecule has 35 heavy (non-hydrogen) atoms. The van der Waals surface area contributed by atoms with Crippen molar-refractivity contribution in [1.29, 1.82) is 0 Å². The van der Waals surface area contributed by atoms with Crippen molar-refractivity contribution in [2.75, 3.05) is 13.7 Å². The predicted molar refractivity (Wildman–Crippen MR) is 130 cm³/mol. The smallest absolute Gasteiger partial charge is 0.308 e. The lowest BCUT2D eigenvalue weighted by atomic mass is 9.79. The molecule has 1 aliphatic carbocycles. The average molecular weight is 487 g/mol. The summed E-state index contributed by atoms with van der Waals surface area (Å²) in [5, 5.41) is 2.86. The maximum Gasteiger partial charge on any atom is 0.308 e. The van der Waals surface area contributed by atoms with Gasteiger partial charge in [0.25, 0.3) is 5.91 Å². The number of methoxy groups -OCH3 is 1. The van der Waals surface area contributed by atoms with Gasteiger partial charge < -0.3 is 19.5 Å². The molecule has 7 nitrogen and oxygen atoms in total. The summed E-state index contributed by atoms with van der Waals surface area (Å²) in [5.74, 6) is -0.458. The van der Waals surface area contributed by atoms with Crippen molar-refractivity contribution in [1.82, 2.24) is 10.3 Å². The van der Waals surface area contributed by atoms with Crippen molar-refractivity contribution in [3.05, 3.63) is 53.1 Å². The van der Waals surface area contributed by atoms with Crippen LogP contribution >= 0.6 is 0 Å². The van der Waals surface area contributed by atoms with Gasteiger partial charge in [-0.15, -0.1) is 0 Å². The number of nitrogens with one attached hydrogen (secondary N) is 1. The van der Waals surface area contributed by atoms with Gasteiger partial charge in [0.1, 0.15) is 5.82 Å². The Morgan fingerprint density at radius 2 is 1.91 bits per heavy atom. The molecule has 1 saturated carbocycles. The molecule has 1 N–H and O–H groups in total. The summed E-state index contributed by atoms with van der Waals surface area (Å²) in [6.07, 6.45) is 5.94. The van der Waals surface area contributed by atoms with Gasteiger partial charge in [-0.2, -0.15) is 0 Å². The molecule has 2 aromatic rings. The van der Waals surface area contributed by atoms with E-state index in [0.717, 1.165) is 24.0 Å². The first kappa shape index (κ1) is 26.6. The molecule has 0 spiro atoms. The Morgan fingerprint density at radius 1 is 1.20 bits per heavy atom. The first-order valence-electron chi connectivity index (χ1n) is 12.1. The zero-order chi connectivity index (χ0) is 25.5. The van der Waals surface area contributed by atoms with Crippen LogP contribution in [0.2, 0.25) is 0 Å². The van der Waals surface area contributed by atoms with Gasteiger partial charge in [-0.05, 0) is 62.8 Å². The van der Waals surface area contributed by atoms with Gasteiger partial charge in [0.2, 0.25) is 5.75 Å². The second kappa shape index (κ2) is 12.1. The monoisotopic (exact) mass is 486 g/mol. The van der Waals surface area contributed by atoms with Gasteiger partial charge in [0, 0.05) is 31.1 Å². The van der Waals surface area contributed by atoms with E-state index in [9.17, 15) is 14.0 Å². The summed E-state index contributed by atoms with van der Waals surface area (Å²) in [5.41, 5.74) is 2.01. The first-order chi connectivity index (χ1) is 16.7. The molecule has 1 aromatic heterocycles. The SMILES string of the molecule is COc1ccnc(C(=O)N[C@@H](C)CO[C@@H](C)[C@@H](c2ccc(F)cc2C)C2CCCC2)c1OC(C)=O. The summed E-state index contributed by atoms with van der Waals surface area (Å²) in [7, 11) is 1.42. The van der Waals surface area contributed by atoms with E-state index in [0.29, 0.717) is 5.92 Å². The zero-order valence-corrected chi connectivity index (χ0v) is 21.1. The van der Waals surface area contributed by atoms with Crippen LogP contribution in [0.15, 0.2) is 30.5 Å². The number of pyridine rings is 1. The third kappa shape index (κ3) is 6.78. The molecule has 1 aromatic carbocycles. The van der Waals surface area contributed by atoms with Crippen LogP contribution in [0.25, 0.3) is 0 Å². The van der Waals surface area contributed by atoms with E-state index in [4.69, 9.17) is 14.2 Å². The highest BCUT2D eigenvalue weighted by Gasteiger charge is 2.32. The van der Waals surface area contributed by atoms with E-state index in [1.807, 2.05) is 26.8 Å². The van der Waals surface area contributed by atoms with Crippen LogP contribution in [0.4, 0.5) is 4.39 Å². The molecule has 190 valence electrons. The second-order valence-corrected chi connectivity index (χ2v) is 9.27. The quantitative estimate of drug-likeness (QED) is 0.478. The Labute approximate surface area is 206 Å². The van der Waals surface area contributed by atoms with Gasteiger partial charge in [0.05, 0.1) is 19.8 Å². The molecule has 1 amide bonds. The zero-order valence-electron chi connectivity index (χ0n) is 21.1. The second-order valence-electron chi connectivity index (χ2n) is 9.27. The fourth-order valence-electron chi connectivity index (χ4n) is 4.95. The van der Waals surface area contributed by atoms with Crippen molar-refractivity contribution in [3.63, 3.8) is 0 Å². The molecule has 3 rings (SSSR count). The van der Waals surface area contributed by atoms with Crippen LogP contribution in [-0.2, 0) is 9.53 Å². The highest BCUT2D eigenvalue weighted by Crippen LogP contribution is 2.41. The Kier molecular flexibility index (Phi) is 9.20. The molecular weight excluding hydrogens is 451 g/mol. The Hall–Kier alpha value is -3.00. The van der Waals surface area contributed by atoms with E-state index >= 15 is 0 Å². The van der Waals surface area contributed by atoms with Crippen LogP contribution in [0.1, 0.15) is 74.0 Å². The maximum atomic E-state index is 13.7. The minimum absolute atomic E-state index is 0.0189. The summed E-state index contributed by atoms with van der Waals surface area (Å²) in [6.45, 7) is 7.35. The van der Waals surface area contributed by atoms with Gasteiger partial charge in [-0.25, -0.2) is 9.37 Å². The van der Waals surface area contributed by atoms with Gasteiger partial charge in [-0.3, -0.25) is 9.59 Å². The van der Waals surface area contributed by atoms with Gasteiger partial charge in [0.15, 0.2) is 11.4 Å². The van der Waals surface area contributed by atoms with Crippen molar-refractivity contribution in [2.24, 2.45) is 5.92 Å². The molecule has 0 aliphatic heterocycles. The van der Waals surface area contributed by atoms with Crippen LogP contribution < -0.4 is 14.8 Å². The largest absolute Gasteiger partial charge is 0.493 e. The fraction of sp³-hybridized carbons (Fsp3) is 0.519. The summed E-state index contributed by atoms with van der Waals surface area (Å²) in [6, 6.07) is 6.16. The number of aromatic nitrogens is 1. The Bertz CT molecular complexity index is 1040. The number of carbonyl (C=O) groups is 2. The molecule has 0 unspecified atom stereocenters. The molecular formula is C27H35FN2O5. The lowest BCUT2D eigenvalue weighted by Gasteiger charge is -2.32. The molecule has 0 radical (unpaired) electrons. The average Bonchev–Trinajstić information content (AvgIpc) is 3.33. The molecule has 1 aliphatic rings. The van der Waals surface area contributed by atoms with Crippen LogP contribution in [0.3, 0.4) is 0 Å². The summed E-state index contributed by atoms with van der Waals surface area (Å²) in [4.78, 5) is 28.5. The highest BCUT2D eigenvalue weighted by molar-refractivity contribution is 5.96. The van der Waals surface area contributed by atoms with Crippen molar-refractivity contribution in [2.45, 2.75) is 71.4 Å². The third-order valence-corrected chi connectivity index (χ3v) is 6.54. The number of rotatable bonds is 10. The number of amides is 1. The molecule has 8 heteroatoms. The third-order valence-electron chi connectivity index (χ3n) is 6.54. The topological polar surface area (TPSA) is 86.8 Å². The minimum Gasteiger partial charge on any atom is -0.493 e. The number of ether oxygens (including phenoxy) is 3. The van der Waals surface area contributed by atoms with Crippen molar-refractivity contribution >= 4 is 11.9 Å². The fourth-order valence-corrected chi connectivity index (χ4v) is 4.95. The normalized spacial score (nSPS) is 16.4. The van der Waals surface area contributed by atoms with E-state index in [1.54, 1.807) is 6.07 Å². The molecule has 0 bridgehead atoms. The summed E-state index contributed by atoms with van der Waals surface area (Å²) < 4.78 is 30.4. The van der Waals surface area contributed by atoms with E-state index in [1.165, 1.54) is 45.2 Å².